The van der Waals surface area contributed by atoms with Gasteiger partial charge in [0.2, 0.25) is 11.8 Å². The summed E-state index contributed by atoms with van der Waals surface area (Å²) < 4.78 is 0. The van der Waals surface area contributed by atoms with Crippen molar-refractivity contribution in [3.63, 3.8) is 0 Å². The molecule has 2 amide bonds. The van der Waals surface area contributed by atoms with Crippen LogP contribution in [0.4, 0.5) is 5.69 Å². The molecule has 1 aromatic heterocycles. The molecule has 146 valence electrons. The van der Waals surface area contributed by atoms with Gasteiger partial charge >= 0.3 is 0 Å². The largest absolute Gasteiger partial charge is 0.274 e. The maximum Gasteiger partial charge on any atom is 0.239 e. The van der Waals surface area contributed by atoms with Crippen LogP contribution < -0.4 is 4.90 Å². The molecule has 1 saturated carbocycles. The first kappa shape index (κ1) is 18.8. The molecule has 0 bridgehead atoms. The monoisotopic (exact) mass is 433 g/mol. The first-order valence-corrected chi connectivity index (χ1v) is 9.99. The highest BCUT2D eigenvalue weighted by Crippen LogP contribution is 2.68. The number of nitrogens with zero attached hydrogens (tertiary/aromatic N) is 3. The van der Waals surface area contributed by atoms with E-state index in [0.29, 0.717) is 21.3 Å². The molecule has 5 rings (SSSR count). The fourth-order valence-corrected chi connectivity index (χ4v) is 5.22. The van der Waals surface area contributed by atoms with Crippen molar-refractivity contribution in [1.29, 1.82) is 5.26 Å². The summed E-state index contributed by atoms with van der Waals surface area (Å²) in [5.74, 6) is -1.66. The number of fused-ring (bicyclic) bond motifs is 1. The molecular formula is C23H13Cl2N3O2. The van der Waals surface area contributed by atoms with Crippen molar-refractivity contribution < 1.29 is 9.59 Å². The van der Waals surface area contributed by atoms with E-state index in [-0.39, 0.29) is 11.8 Å². The number of rotatable bonds is 3. The lowest BCUT2D eigenvalue weighted by atomic mass is 9.83. The van der Waals surface area contributed by atoms with Gasteiger partial charge in [0, 0.05) is 27.9 Å². The topological polar surface area (TPSA) is 74.1 Å². The van der Waals surface area contributed by atoms with E-state index in [4.69, 9.17) is 28.5 Å². The Morgan fingerprint density at radius 3 is 1.93 bits per heavy atom. The molecule has 2 aliphatic rings. The Kier molecular flexibility index (Phi) is 4.18. The number of piperidine rings is 1. The first-order chi connectivity index (χ1) is 14.5. The second-order valence-corrected chi connectivity index (χ2v) is 8.26. The highest BCUT2D eigenvalue weighted by Gasteiger charge is 2.78. The summed E-state index contributed by atoms with van der Waals surface area (Å²) in [5, 5.41) is 9.83. The van der Waals surface area contributed by atoms with Gasteiger partial charge < -0.3 is 0 Å². The molecule has 0 spiro atoms. The highest BCUT2D eigenvalue weighted by atomic mass is 35.5. The standard InChI is InChI=1S/C23H13Cl2N3O2/c24-16-9-17(25)11-18(10-16)28-21(29)19-20(22(28)30)23(19,15-5-7-27-8-6-15)14-3-1-13(12-26)2-4-14/h1-11,19-20H/t19-,20?,23?/m0/s1. The smallest absolute Gasteiger partial charge is 0.239 e. The van der Waals surface area contributed by atoms with E-state index < -0.39 is 17.3 Å². The third-order valence-corrected chi connectivity index (χ3v) is 6.37. The van der Waals surface area contributed by atoms with Crippen LogP contribution >= 0.6 is 23.2 Å². The average molecular weight is 434 g/mol. The lowest BCUT2D eigenvalue weighted by Crippen LogP contribution is -2.39. The van der Waals surface area contributed by atoms with E-state index in [1.807, 2.05) is 24.3 Å². The van der Waals surface area contributed by atoms with Gasteiger partial charge in [-0.3, -0.25) is 14.6 Å². The number of pyridine rings is 1. The van der Waals surface area contributed by atoms with E-state index in [9.17, 15) is 9.59 Å². The van der Waals surface area contributed by atoms with Crippen molar-refractivity contribution in [3.05, 3.63) is 93.7 Å². The van der Waals surface area contributed by atoms with Gasteiger partial charge in [0.05, 0.1) is 29.2 Å². The minimum Gasteiger partial charge on any atom is -0.274 e. The van der Waals surface area contributed by atoms with Crippen LogP contribution in [0.25, 0.3) is 0 Å². The van der Waals surface area contributed by atoms with E-state index in [0.717, 1.165) is 11.1 Å². The third-order valence-electron chi connectivity index (χ3n) is 5.93. The zero-order valence-corrected chi connectivity index (χ0v) is 16.9. The Balaban J connectivity index is 1.62. The zero-order valence-electron chi connectivity index (χ0n) is 15.4. The maximum atomic E-state index is 13.4. The molecule has 1 aliphatic carbocycles. The summed E-state index contributed by atoms with van der Waals surface area (Å²) in [6.45, 7) is 0. The number of benzene rings is 2. The average Bonchev–Trinajstić information content (AvgIpc) is 3.37. The second kappa shape index (κ2) is 6.66. The van der Waals surface area contributed by atoms with Crippen molar-refractivity contribution in [2.24, 2.45) is 11.8 Å². The fourth-order valence-electron chi connectivity index (χ4n) is 4.71. The second-order valence-electron chi connectivity index (χ2n) is 7.39. The molecule has 3 atom stereocenters. The Labute approximate surface area is 182 Å². The summed E-state index contributed by atoms with van der Waals surface area (Å²) in [6.07, 6.45) is 3.30. The Morgan fingerprint density at radius 2 is 1.40 bits per heavy atom. The number of imide groups is 1. The minimum absolute atomic E-state index is 0.287. The predicted octanol–water partition coefficient (Wildman–Crippen LogP) is 4.37. The molecule has 3 aromatic rings. The van der Waals surface area contributed by atoms with Gasteiger partial charge in [-0.15, -0.1) is 0 Å². The van der Waals surface area contributed by atoms with Crippen molar-refractivity contribution >= 4 is 40.7 Å². The van der Waals surface area contributed by atoms with Gasteiger partial charge in [0.15, 0.2) is 0 Å². The van der Waals surface area contributed by atoms with Gasteiger partial charge in [0.25, 0.3) is 0 Å². The number of amides is 2. The van der Waals surface area contributed by atoms with Crippen LogP contribution in [0.2, 0.25) is 10.0 Å². The van der Waals surface area contributed by atoms with Crippen LogP contribution in [0.15, 0.2) is 67.0 Å². The van der Waals surface area contributed by atoms with Crippen LogP contribution in [0.5, 0.6) is 0 Å². The molecule has 2 aromatic carbocycles. The van der Waals surface area contributed by atoms with Crippen LogP contribution in [0.1, 0.15) is 16.7 Å². The number of halogens is 2. The predicted molar refractivity (Wildman–Crippen MR) is 112 cm³/mol. The van der Waals surface area contributed by atoms with Crippen LogP contribution in [0, 0.1) is 23.2 Å². The van der Waals surface area contributed by atoms with Gasteiger partial charge in [-0.2, -0.15) is 5.26 Å². The fraction of sp³-hybridized carbons (Fsp3) is 0.130. The van der Waals surface area contributed by atoms with Crippen molar-refractivity contribution in [1.82, 2.24) is 4.98 Å². The molecular weight excluding hydrogens is 421 g/mol. The molecule has 0 N–H and O–H groups in total. The minimum atomic E-state index is -0.774. The number of aromatic nitrogens is 1. The van der Waals surface area contributed by atoms with Crippen LogP contribution in [0.3, 0.4) is 0 Å². The number of carbonyl (C=O) groups excluding carboxylic acids is 2. The van der Waals surface area contributed by atoms with Gasteiger partial charge in [-0.1, -0.05) is 35.3 Å². The Hall–Kier alpha value is -3.20. The Morgan fingerprint density at radius 1 is 0.867 bits per heavy atom. The number of hydrogen-bond acceptors (Lipinski definition) is 4. The van der Waals surface area contributed by atoms with Crippen molar-refractivity contribution in [2.75, 3.05) is 4.90 Å². The number of carbonyl (C=O) groups is 2. The number of anilines is 1. The summed E-state index contributed by atoms with van der Waals surface area (Å²) >= 11 is 12.2. The van der Waals surface area contributed by atoms with E-state index >= 15 is 0 Å². The van der Waals surface area contributed by atoms with E-state index in [1.54, 1.807) is 42.7 Å². The molecule has 2 heterocycles. The highest BCUT2D eigenvalue weighted by molar-refractivity contribution is 6.36. The van der Waals surface area contributed by atoms with Crippen molar-refractivity contribution in [3.8, 4) is 6.07 Å². The number of nitriles is 1. The summed E-state index contributed by atoms with van der Waals surface area (Å²) in [4.78, 5) is 32.1. The van der Waals surface area contributed by atoms with Crippen LogP contribution in [-0.4, -0.2) is 16.8 Å². The third kappa shape index (κ3) is 2.51. The molecule has 5 nitrogen and oxygen atoms in total. The lowest BCUT2D eigenvalue weighted by Gasteiger charge is -2.26. The molecule has 1 aliphatic heterocycles. The lowest BCUT2D eigenvalue weighted by molar-refractivity contribution is -0.124. The van der Waals surface area contributed by atoms with E-state index in [2.05, 4.69) is 11.1 Å². The SMILES string of the molecule is N#Cc1ccc(C2(c3ccncc3)C3C(=O)N(c4cc(Cl)cc(Cl)c4)C(=O)[C@H]32)cc1. The molecule has 2 unspecified atom stereocenters. The molecule has 30 heavy (non-hydrogen) atoms. The van der Waals surface area contributed by atoms with Gasteiger partial charge in [-0.25, -0.2) is 4.90 Å². The molecule has 7 heteroatoms. The quantitative estimate of drug-likeness (QED) is 0.574. The molecule has 2 fully saturated rings. The normalized spacial score (nSPS) is 24.5. The number of hydrogen-bond donors (Lipinski definition) is 0. The van der Waals surface area contributed by atoms with Crippen LogP contribution in [-0.2, 0) is 15.0 Å². The van der Waals surface area contributed by atoms with E-state index in [1.165, 1.54) is 4.90 Å². The van der Waals surface area contributed by atoms with Crippen molar-refractivity contribution in [2.45, 2.75) is 5.41 Å². The summed E-state index contributed by atoms with van der Waals surface area (Å²) in [6, 6.07) is 17.5. The van der Waals surface area contributed by atoms with Gasteiger partial charge in [-0.05, 0) is 53.6 Å². The maximum absolute atomic E-state index is 13.4. The summed E-state index contributed by atoms with van der Waals surface area (Å²) in [5.41, 5.74) is 1.79. The molecule has 0 radical (unpaired) electrons. The summed E-state index contributed by atoms with van der Waals surface area (Å²) in [7, 11) is 0. The van der Waals surface area contributed by atoms with Gasteiger partial charge in [0.1, 0.15) is 0 Å². The molecule has 1 saturated heterocycles. The Bertz CT molecular complexity index is 1190. The zero-order chi connectivity index (χ0) is 21.0. The first-order valence-electron chi connectivity index (χ1n) is 9.23.